The molecular weight excluding hydrogens is 414 g/mol. The average molecular weight is 435 g/mol. The second-order valence-corrected chi connectivity index (χ2v) is 8.07. The van der Waals surface area contributed by atoms with Gasteiger partial charge in [0, 0.05) is 41.7 Å². The second-order valence-electron chi connectivity index (χ2n) is 6.07. The molecule has 0 aliphatic rings. The van der Waals surface area contributed by atoms with Crippen LogP contribution in [0.5, 0.6) is 0 Å². The van der Waals surface area contributed by atoms with Gasteiger partial charge in [0.15, 0.2) is 0 Å². The van der Waals surface area contributed by atoms with E-state index < -0.39 is 6.04 Å². The maximum absolute atomic E-state index is 8.53. The summed E-state index contributed by atoms with van der Waals surface area (Å²) in [5, 5.41) is 2.17. The summed E-state index contributed by atoms with van der Waals surface area (Å²) < 4.78 is 44.6. The fourth-order valence-electron chi connectivity index (χ4n) is 3.22. The molecule has 0 unspecified atom stereocenters. The molecule has 0 aliphatic carbocycles. The van der Waals surface area contributed by atoms with Gasteiger partial charge >= 0.3 is 0 Å². The van der Waals surface area contributed by atoms with Gasteiger partial charge in [-0.25, -0.2) is 0 Å². The number of fused-ring (bicyclic) bond motifs is 3. The molecule has 1 heterocycles. The van der Waals surface area contributed by atoms with Crippen molar-refractivity contribution in [3.05, 3.63) is 101 Å². The Labute approximate surface area is 177 Å². The van der Waals surface area contributed by atoms with Crippen LogP contribution < -0.4 is 4.90 Å². The van der Waals surface area contributed by atoms with Crippen molar-refractivity contribution in [1.29, 1.82) is 0 Å². The summed E-state index contributed by atoms with van der Waals surface area (Å²) in [6.45, 7) is 0. The minimum Gasteiger partial charge on any atom is -0.310 e. The van der Waals surface area contributed by atoms with Crippen molar-refractivity contribution in [1.82, 2.24) is 0 Å². The first-order chi connectivity index (χ1) is 15.4. The number of hydrogen-bond donors (Lipinski definition) is 0. The summed E-state index contributed by atoms with van der Waals surface area (Å²) in [6, 6.07) is 19.9. The zero-order chi connectivity index (χ0) is 22.6. The van der Waals surface area contributed by atoms with E-state index in [9.17, 15) is 0 Å². The summed E-state index contributed by atoms with van der Waals surface area (Å²) in [6.07, 6.45) is 0. The normalized spacial score (nSPS) is 13.7. The molecule has 0 bridgehead atoms. The Balaban J connectivity index is 1.82. The fourth-order valence-corrected chi connectivity index (χ4v) is 4.86. The fraction of sp³-hybridized carbons (Fsp3) is 0. The summed E-state index contributed by atoms with van der Waals surface area (Å²) in [7, 11) is 0. The van der Waals surface area contributed by atoms with Crippen LogP contribution in [-0.2, 0) is 0 Å². The second kappa shape index (κ2) is 6.84. The van der Waals surface area contributed by atoms with Crippen molar-refractivity contribution in [2.75, 3.05) is 4.90 Å². The van der Waals surface area contributed by atoms with Crippen LogP contribution in [0.3, 0.4) is 0 Å². The Morgan fingerprint density at radius 1 is 0.704 bits per heavy atom. The zero-order valence-corrected chi connectivity index (χ0v) is 16.5. The van der Waals surface area contributed by atoms with Gasteiger partial charge in [-0.05, 0) is 54.5 Å². The molecule has 3 heteroatoms. The summed E-state index contributed by atoms with van der Waals surface area (Å²) in [5.74, 6) is 0. The molecule has 130 valence electrons. The quantitative estimate of drug-likeness (QED) is 0.276. The van der Waals surface area contributed by atoms with E-state index in [4.69, 9.17) is 6.85 Å². The van der Waals surface area contributed by atoms with E-state index in [-0.39, 0.29) is 29.9 Å². The standard InChI is InChI=1S/C24H16BrNS/c25-17-11-13-21-22-16-20(12-14-23(22)27-24(21)15-17)26(18-7-3-1-4-8-18)19-9-5-2-6-10-19/h1-16H/i1D,3D,4D,7D,8D. The van der Waals surface area contributed by atoms with Gasteiger partial charge in [0.25, 0.3) is 0 Å². The number of anilines is 3. The van der Waals surface area contributed by atoms with Crippen LogP contribution in [0.25, 0.3) is 20.2 Å². The van der Waals surface area contributed by atoms with Crippen LogP contribution >= 0.6 is 27.3 Å². The highest BCUT2D eigenvalue weighted by Crippen LogP contribution is 2.40. The van der Waals surface area contributed by atoms with Gasteiger partial charge in [-0.2, -0.15) is 0 Å². The number of para-hydroxylation sites is 2. The molecule has 0 fully saturated rings. The van der Waals surface area contributed by atoms with E-state index >= 15 is 0 Å². The largest absolute Gasteiger partial charge is 0.310 e. The number of rotatable bonds is 3. The third kappa shape index (κ3) is 3.03. The summed E-state index contributed by atoms with van der Waals surface area (Å²) in [5.41, 5.74) is 1.57. The number of halogens is 1. The Hall–Kier alpha value is -2.62. The molecule has 0 amide bonds. The first kappa shape index (κ1) is 12.0. The molecule has 1 nitrogen and oxygen atoms in total. The van der Waals surface area contributed by atoms with Gasteiger partial charge in [0.2, 0.25) is 0 Å². The molecule has 27 heavy (non-hydrogen) atoms. The third-order valence-electron chi connectivity index (χ3n) is 4.40. The lowest BCUT2D eigenvalue weighted by molar-refractivity contribution is 1.29. The van der Waals surface area contributed by atoms with Crippen LogP contribution in [-0.4, -0.2) is 0 Å². The first-order valence-electron chi connectivity index (χ1n) is 10.9. The minimum absolute atomic E-state index is 0.129. The first-order valence-corrected chi connectivity index (χ1v) is 10.0. The SMILES string of the molecule is [2H]c1c([2H])c([2H])c(N(c2ccccc2)c2ccc3sc4cc(Br)ccc4c3c2)c([2H])c1[2H]. The number of hydrogen-bond acceptors (Lipinski definition) is 2. The molecule has 0 N–H and O–H groups in total. The lowest BCUT2D eigenvalue weighted by atomic mass is 10.1. The summed E-state index contributed by atoms with van der Waals surface area (Å²) >= 11 is 5.22. The highest BCUT2D eigenvalue weighted by Gasteiger charge is 2.14. The van der Waals surface area contributed by atoms with Crippen LogP contribution in [0, 0.1) is 0 Å². The van der Waals surface area contributed by atoms with Crippen molar-refractivity contribution in [2.24, 2.45) is 0 Å². The van der Waals surface area contributed by atoms with Crippen molar-refractivity contribution < 1.29 is 6.85 Å². The smallest absolute Gasteiger partial charge is 0.0645 e. The molecule has 5 aromatic rings. The van der Waals surface area contributed by atoms with Gasteiger partial charge in [-0.1, -0.05) is 58.3 Å². The number of benzene rings is 4. The Kier molecular flexibility index (Phi) is 3.03. The maximum atomic E-state index is 8.53. The van der Waals surface area contributed by atoms with Gasteiger partial charge in [-0.3, -0.25) is 0 Å². The molecule has 0 saturated carbocycles. The highest BCUT2D eigenvalue weighted by atomic mass is 79.9. The molecule has 0 aliphatic heterocycles. The highest BCUT2D eigenvalue weighted by molar-refractivity contribution is 9.10. The third-order valence-corrected chi connectivity index (χ3v) is 6.03. The van der Waals surface area contributed by atoms with Crippen LogP contribution in [0.1, 0.15) is 6.85 Å². The van der Waals surface area contributed by atoms with E-state index in [0.717, 1.165) is 30.3 Å². The Morgan fingerprint density at radius 2 is 1.52 bits per heavy atom. The van der Waals surface area contributed by atoms with Crippen molar-refractivity contribution >= 4 is 64.5 Å². The predicted octanol–water partition coefficient (Wildman–Crippen LogP) is 8.29. The van der Waals surface area contributed by atoms with Crippen LogP contribution in [0.2, 0.25) is 0 Å². The monoisotopic (exact) mass is 434 g/mol. The topological polar surface area (TPSA) is 3.24 Å². The number of nitrogens with zero attached hydrogens (tertiary/aromatic N) is 1. The van der Waals surface area contributed by atoms with Gasteiger partial charge in [0.1, 0.15) is 0 Å². The van der Waals surface area contributed by atoms with Gasteiger partial charge < -0.3 is 4.90 Å². The van der Waals surface area contributed by atoms with Crippen LogP contribution in [0.15, 0.2) is 101 Å². The molecule has 5 rings (SSSR count). The molecule has 0 saturated heterocycles. The summed E-state index contributed by atoms with van der Waals surface area (Å²) in [4.78, 5) is 1.74. The lowest BCUT2D eigenvalue weighted by Gasteiger charge is -2.25. The molecular formula is C24H16BrNS. The van der Waals surface area contributed by atoms with E-state index in [2.05, 4.69) is 28.1 Å². The van der Waals surface area contributed by atoms with E-state index in [1.165, 1.54) is 0 Å². The molecule has 0 spiro atoms. The predicted molar refractivity (Wildman–Crippen MR) is 122 cm³/mol. The minimum atomic E-state index is -0.401. The maximum Gasteiger partial charge on any atom is 0.0645 e. The molecule has 0 atom stereocenters. The van der Waals surface area contributed by atoms with Crippen molar-refractivity contribution in [3.63, 3.8) is 0 Å². The van der Waals surface area contributed by atoms with Gasteiger partial charge in [-0.15, -0.1) is 11.3 Å². The molecule has 1 aromatic heterocycles. The van der Waals surface area contributed by atoms with Gasteiger partial charge in [0.05, 0.1) is 6.85 Å². The van der Waals surface area contributed by atoms with E-state index in [1.807, 2.05) is 54.6 Å². The Morgan fingerprint density at radius 3 is 2.33 bits per heavy atom. The molecule has 0 radical (unpaired) electrons. The van der Waals surface area contributed by atoms with Crippen LogP contribution in [0.4, 0.5) is 17.1 Å². The lowest BCUT2D eigenvalue weighted by Crippen LogP contribution is -2.09. The van der Waals surface area contributed by atoms with E-state index in [0.29, 0.717) is 5.69 Å². The number of thiophene rings is 1. The van der Waals surface area contributed by atoms with Crippen molar-refractivity contribution in [2.45, 2.75) is 0 Å². The van der Waals surface area contributed by atoms with E-state index in [1.54, 1.807) is 16.2 Å². The molecule has 4 aromatic carbocycles. The Bertz CT molecular complexity index is 1470. The zero-order valence-electron chi connectivity index (χ0n) is 19.1. The van der Waals surface area contributed by atoms with Crippen molar-refractivity contribution in [3.8, 4) is 0 Å². The average Bonchev–Trinajstić information content (AvgIpc) is 3.16.